The van der Waals surface area contributed by atoms with Gasteiger partial charge in [-0.15, -0.1) is 0 Å². The van der Waals surface area contributed by atoms with Crippen LogP contribution in [0.5, 0.6) is 11.5 Å². The van der Waals surface area contributed by atoms with Crippen molar-refractivity contribution in [2.45, 2.75) is 33.8 Å². The van der Waals surface area contributed by atoms with E-state index in [2.05, 4.69) is 5.32 Å². The van der Waals surface area contributed by atoms with E-state index in [-0.39, 0.29) is 11.7 Å². The molecule has 0 bridgehead atoms. The quantitative estimate of drug-likeness (QED) is 0.526. The molecular weight excluding hydrogens is 420 g/mol. The Morgan fingerprint density at radius 2 is 1.87 bits per heavy atom. The van der Waals surface area contributed by atoms with Crippen LogP contribution in [0.15, 0.2) is 42.0 Å². The van der Waals surface area contributed by atoms with Gasteiger partial charge in [-0.2, -0.15) is 0 Å². The number of nitrogens with zero attached hydrogens (tertiary/aromatic N) is 1. The van der Waals surface area contributed by atoms with E-state index >= 15 is 0 Å². The monoisotopic (exact) mass is 442 g/mol. The van der Waals surface area contributed by atoms with Crippen molar-refractivity contribution in [1.29, 1.82) is 0 Å². The highest BCUT2D eigenvalue weighted by molar-refractivity contribution is 6.39. The number of amides is 4. The van der Waals surface area contributed by atoms with Crippen molar-refractivity contribution >= 4 is 41.2 Å². The Hall–Kier alpha value is -3.32. The Balaban J connectivity index is 2.02. The van der Waals surface area contributed by atoms with Crippen LogP contribution in [0.25, 0.3) is 6.08 Å². The van der Waals surface area contributed by atoms with Crippen molar-refractivity contribution in [1.82, 2.24) is 5.32 Å². The summed E-state index contributed by atoms with van der Waals surface area (Å²) in [6.07, 6.45) is 1.37. The minimum atomic E-state index is -0.826. The summed E-state index contributed by atoms with van der Waals surface area (Å²) in [5, 5.41) is 2.62. The largest absolute Gasteiger partial charge is 0.490 e. The van der Waals surface area contributed by atoms with E-state index in [9.17, 15) is 14.4 Å². The predicted octanol–water partition coefficient (Wildman–Crippen LogP) is 4.50. The molecule has 162 valence electrons. The third-order valence-electron chi connectivity index (χ3n) is 4.52. The molecule has 0 unspecified atom stereocenters. The summed E-state index contributed by atoms with van der Waals surface area (Å²) in [5.41, 5.74) is 1.23. The first-order valence-corrected chi connectivity index (χ1v) is 10.2. The Labute approximate surface area is 185 Å². The van der Waals surface area contributed by atoms with E-state index in [0.717, 1.165) is 4.90 Å². The number of urea groups is 1. The summed E-state index contributed by atoms with van der Waals surface area (Å²) in [5.74, 6) is -0.455. The second kappa shape index (κ2) is 9.22. The number of ether oxygens (including phenoxy) is 2. The van der Waals surface area contributed by atoms with E-state index in [1.165, 1.54) is 6.08 Å². The third kappa shape index (κ3) is 4.72. The fourth-order valence-corrected chi connectivity index (χ4v) is 3.28. The molecule has 1 fully saturated rings. The number of carbonyl (C=O) groups is 3. The summed E-state index contributed by atoms with van der Waals surface area (Å²) in [4.78, 5) is 38.9. The Morgan fingerprint density at radius 3 is 2.55 bits per heavy atom. The van der Waals surface area contributed by atoms with Crippen molar-refractivity contribution in [3.05, 3.63) is 58.1 Å². The second-order valence-electron chi connectivity index (χ2n) is 7.15. The standard InChI is InChI=1S/C23H23ClN2O5/c1-5-30-20-12-15(9-10-19(20)31-13(2)3)11-16-21(27)25-23(29)26(22(16)28)18-8-6-7-17(24)14(18)4/h6-13H,5H2,1-4H3,(H,25,27,29)/b16-11+. The summed E-state index contributed by atoms with van der Waals surface area (Å²) < 4.78 is 11.4. The van der Waals surface area contributed by atoms with Crippen molar-refractivity contribution in [2.75, 3.05) is 11.5 Å². The van der Waals surface area contributed by atoms with E-state index in [4.69, 9.17) is 21.1 Å². The van der Waals surface area contributed by atoms with Gasteiger partial charge in [-0.05, 0) is 69.2 Å². The number of halogens is 1. The number of hydrogen-bond donors (Lipinski definition) is 1. The summed E-state index contributed by atoms with van der Waals surface area (Å²) in [6, 6.07) is 9.16. The van der Waals surface area contributed by atoms with Gasteiger partial charge in [0.15, 0.2) is 11.5 Å². The minimum Gasteiger partial charge on any atom is -0.490 e. The van der Waals surface area contributed by atoms with Crippen molar-refractivity contribution in [3.63, 3.8) is 0 Å². The van der Waals surface area contributed by atoms with Gasteiger partial charge in [-0.1, -0.05) is 23.7 Å². The van der Waals surface area contributed by atoms with Crippen LogP contribution in [0.3, 0.4) is 0 Å². The Bertz CT molecular complexity index is 1080. The predicted molar refractivity (Wildman–Crippen MR) is 119 cm³/mol. The number of barbiturate groups is 1. The Morgan fingerprint density at radius 1 is 1.13 bits per heavy atom. The highest BCUT2D eigenvalue weighted by Crippen LogP contribution is 2.32. The van der Waals surface area contributed by atoms with E-state index in [0.29, 0.717) is 39.9 Å². The molecule has 3 rings (SSSR count). The van der Waals surface area contributed by atoms with Crippen LogP contribution in [-0.4, -0.2) is 30.6 Å². The molecule has 31 heavy (non-hydrogen) atoms. The van der Waals surface area contributed by atoms with Crippen LogP contribution >= 0.6 is 11.6 Å². The number of benzene rings is 2. The van der Waals surface area contributed by atoms with Crippen molar-refractivity contribution in [3.8, 4) is 11.5 Å². The van der Waals surface area contributed by atoms with Crippen molar-refractivity contribution < 1.29 is 23.9 Å². The molecule has 1 N–H and O–H groups in total. The van der Waals surface area contributed by atoms with Gasteiger partial charge in [0.2, 0.25) is 0 Å². The van der Waals surface area contributed by atoms with E-state index < -0.39 is 17.8 Å². The maximum atomic E-state index is 13.1. The molecule has 0 atom stereocenters. The maximum absolute atomic E-state index is 13.1. The van der Waals surface area contributed by atoms with Crippen molar-refractivity contribution in [2.24, 2.45) is 0 Å². The molecule has 0 saturated carbocycles. The molecule has 7 nitrogen and oxygen atoms in total. The molecule has 0 aromatic heterocycles. The third-order valence-corrected chi connectivity index (χ3v) is 4.93. The van der Waals surface area contributed by atoms with Gasteiger partial charge in [0.1, 0.15) is 5.57 Å². The second-order valence-corrected chi connectivity index (χ2v) is 7.55. The van der Waals surface area contributed by atoms with Crippen LogP contribution in [0.1, 0.15) is 31.9 Å². The van der Waals surface area contributed by atoms with Crippen LogP contribution in [-0.2, 0) is 9.59 Å². The first-order chi connectivity index (χ1) is 14.7. The van der Waals surface area contributed by atoms with E-state index in [1.54, 1.807) is 43.3 Å². The lowest BCUT2D eigenvalue weighted by Crippen LogP contribution is -2.54. The zero-order valence-corrected chi connectivity index (χ0v) is 18.4. The topological polar surface area (TPSA) is 84.9 Å². The molecule has 0 spiro atoms. The van der Waals surface area contributed by atoms with Crippen LogP contribution in [0.4, 0.5) is 10.5 Å². The van der Waals surface area contributed by atoms with Gasteiger partial charge in [0.05, 0.1) is 18.4 Å². The molecule has 1 saturated heterocycles. The summed E-state index contributed by atoms with van der Waals surface area (Å²) in [7, 11) is 0. The summed E-state index contributed by atoms with van der Waals surface area (Å²) in [6.45, 7) is 7.77. The van der Waals surface area contributed by atoms with Gasteiger partial charge >= 0.3 is 6.03 Å². The number of anilines is 1. The zero-order chi connectivity index (χ0) is 22.7. The molecule has 8 heteroatoms. The van der Waals surface area contributed by atoms with Gasteiger partial charge in [0.25, 0.3) is 11.8 Å². The van der Waals surface area contributed by atoms with Crippen LogP contribution in [0, 0.1) is 6.92 Å². The van der Waals surface area contributed by atoms with Crippen LogP contribution < -0.4 is 19.7 Å². The zero-order valence-electron chi connectivity index (χ0n) is 17.7. The lowest BCUT2D eigenvalue weighted by atomic mass is 10.1. The van der Waals surface area contributed by atoms with Crippen LogP contribution in [0.2, 0.25) is 5.02 Å². The number of carbonyl (C=O) groups excluding carboxylic acids is 3. The van der Waals surface area contributed by atoms with Gasteiger partial charge in [0, 0.05) is 5.02 Å². The average Bonchev–Trinajstić information content (AvgIpc) is 2.70. The fraction of sp³-hybridized carbons (Fsp3) is 0.261. The summed E-state index contributed by atoms with van der Waals surface area (Å²) >= 11 is 6.14. The highest BCUT2D eigenvalue weighted by atomic mass is 35.5. The smallest absolute Gasteiger partial charge is 0.335 e. The molecule has 2 aromatic carbocycles. The molecule has 0 aliphatic carbocycles. The van der Waals surface area contributed by atoms with Gasteiger partial charge < -0.3 is 9.47 Å². The maximum Gasteiger partial charge on any atom is 0.335 e. The SMILES string of the molecule is CCOc1cc(/C=C2\C(=O)NC(=O)N(c3cccc(Cl)c3C)C2=O)ccc1OC(C)C. The average molecular weight is 443 g/mol. The fourth-order valence-electron chi connectivity index (χ4n) is 3.12. The molecule has 1 heterocycles. The number of nitrogens with one attached hydrogen (secondary N) is 1. The van der Waals surface area contributed by atoms with Gasteiger partial charge in [-0.25, -0.2) is 9.69 Å². The molecule has 1 aliphatic rings. The lowest BCUT2D eigenvalue weighted by Gasteiger charge is -2.27. The minimum absolute atomic E-state index is 0.0467. The Kier molecular flexibility index (Phi) is 6.65. The highest BCUT2D eigenvalue weighted by Gasteiger charge is 2.37. The number of imide groups is 2. The first kappa shape index (κ1) is 22.4. The molecule has 1 aliphatic heterocycles. The normalized spacial score (nSPS) is 15.5. The molecule has 2 aromatic rings. The molecular formula is C23H23ClN2O5. The van der Waals surface area contributed by atoms with Gasteiger partial charge in [-0.3, -0.25) is 14.9 Å². The first-order valence-electron chi connectivity index (χ1n) is 9.83. The molecule has 0 radical (unpaired) electrons. The number of rotatable bonds is 6. The number of hydrogen-bond acceptors (Lipinski definition) is 5. The van der Waals surface area contributed by atoms with E-state index in [1.807, 2.05) is 20.8 Å². The lowest BCUT2D eigenvalue weighted by molar-refractivity contribution is -0.122. The molecule has 4 amide bonds.